The highest BCUT2D eigenvalue weighted by Crippen LogP contribution is 2.24. The highest BCUT2D eigenvalue weighted by atomic mass is 16.5. The fourth-order valence-corrected chi connectivity index (χ4v) is 2.27. The number of nitrogens with zero attached hydrogens (tertiary/aromatic N) is 4. The van der Waals surface area contributed by atoms with E-state index in [4.69, 9.17) is 4.74 Å². The summed E-state index contributed by atoms with van der Waals surface area (Å²) in [6.45, 7) is 3.50. The van der Waals surface area contributed by atoms with Crippen LogP contribution in [0.4, 0.5) is 0 Å². The standard InChI is InChI=1S/C11H15BN4O3/c1-12(18)15-4-5-19-9(7-15)8-6-11(17)16-10(14-8)2-3-13-16/h2-3,6,9,17-18H,4-5,7H2,1H3. The van der Waals surface area contributed by atoms with Crippen LogP contribution in [-0.2, 0) is 4.74 Å². The molecule has 1 aliphatic rings. The summed E-state index contributed by atoms with van der Waals surface area (Å²) < 4.78 is 7.03. The molecule has 1 saturated heterocycles. The minimum atomic E-state index is -0.515. The Morgan fingerprint density at radius 3 is 3.16 bits per heavy atom. The summed E-state index contributed by atoms with van der Waals surface area (Å²) >= 11 is 0. The minimum absolute atomic E-state index is 0.0303. The number of fused-ring (bicyclic) bond motifs is 1. The fourth-order valence-electron chi connectivity index (χ4n) is 2.27. The average molecular weight is 262 g/mol. The summed E-state index contributed by atoms with van der Waals surface area (Å²) in [5.74, 6) is 0.0303. The van der Waals surface area contributed by atoms with Gasteiger partial charge < -0.3 is 19.7 Å². The highest BCUT2D eigenvalue weighted by Gasteiger charge is 2.28. The summed E-state index contributed by atoms with van der Waals surface area (Å²) in [4.78, 5) is 6.33. The van der Waals surface area contributed by atoms with E-state index < -0.39 is 7.05 Å². The Balaban J connectivity index is 1.90. The van der Waals surface area contributed by atoms with Gasteiger partial charge in [-0.25, -0.2) is 4.98 Å². The number of morpholine rings is 1. The lowest BCUT2D eigenvalue weighted by molar-refractivity contribution is -0.0104. The molecule has 3 heterocycles. The molecule has 2 aromatic rings. The van der Waals surface area contributed by atoms with Crippen LogP contribution in [0.3, 0.4) is 0 Å². The average Bonchev–Trinajstić information content (AvgIpc) is 2.87. The summed E-state index contributed by atoms with van der Waals surface area (Å²) in [5, 5.41) is 23.5. The molecule has 0 amide bonds. The first-order valence-electron chi connectivity index (χ1n) is 6.22. The molecular weight excluding hydrogens is 247 g/mol. The molecule has 0 aromatic carbocycles. The van der Waals surface area contributed by atoms with Gasteiger partial charge in [-0.3, -0.25) is 0 Å². The Hall–Kier alpha value is -1.64. The topological polar surface area (TPSA) is 83.1 Å². The smallest absolute Gasteiger partial charge is 0.376 e. The number of aromatic nitrogens is 3. The van der Waals surface area contributed by atoms with Gasteiger partial charge in [0, 0.05) is 25.2 Å². The van der Waals surface area contributed by atoms with Crippen molar-refractivity contribution in [2.24, 2.45) is 0 Å². The molecule has 8 heteroatoms. The second-order valence-corrected chi connectivity index (χ2v) is 4.63. The molecule has 100 valence electrons. The van der Waals surface area contributed by atoms with Gasteiger partial charge in [-0.1, -0.05) is 0 Å². The molecule has 1 fully saturated rings. The van der Waals surface area contributed by atoms with E-state index in [1.807, 2.05) is 4.81 Å². The third-order valence-corrected chi connectivity index (χ3v) is 3.32. The summed E-state index contributed by atoms with van der Waals surface area (Å²) in [6, 6.07) is 3.27. The van der Waals surface area contributed by atoms with Gasteiger partial charge in [0.05, 0.1) is 18.5 Å². The Labute approximate surface area is 110 Å². The van der Waals surface area contributed by atoms with Crippen molar-refractivity contribution >= 4 is 12.7 Å². The number of hydrogen-bond donors (Lipinski definition) is 2. The van der Waals surface area contributed by atoms with E-state index in [-0.39, 0.29) is 12.0 Å². The largest absolute Gasteiger partial charge is 0.493 e. The normalized spacial score (nSPS) is 20.8. The molecule has 1 atom stereocenters. The van der Waals surface area contributed by atoms with Gasteiger partial charge in [-0.2, -0.15) is 9.61 Å². The van der Waals surface area contributed by atoms with E-state index in [1.54, 1.807) is 25.2 Å². The van der Waals surface area contributed by atoms with Crippen LogP contribution in [0.2, 0.25) is 6.82 Å². The molecule has 1 aliphatic heterocycles. The monoisotopic (exact) mass is 262 g/mol. The van der Waals surface area contributed by atoms with Gasteiger partial charge in [0.2, 0.25) is 5.88 Å². The van der Waals surface area contributed by atoms with Gasteiger partial charge in [-0.15, -0.1) is 0 Å². The number of ether oxygens (including phenoxy) is 1. The van der Waals surface area contributed by atoms with E-state index in [0.717, 1.165) is 0 Å². The number of aromatic hydroxyl groups is 1. The summed E-state index contributed by atoms with van der Waals surface area (Å²) in [6.07, 6.45) is 1.32. The molecule has 0 saturated carbocycles. The molecule has 19 heavy (non-hydrogen) atoms. The van der Waals surface area contributed by atoms with Crippen LogP contribution >= 0.6 is 0 Å². The molecule has 1 unspecified atom stereocenters. The van der Waals surface area contributed by atoms with E-state index in [0.29, 0.717) is 31.0 Å². The first-order valence-corrected chi connectivity index (χ1v) is 6.22. The molecule has 0 spiro atoms. The Kier molecular flexibility index (Phi) is 3.13. The molecule has 0 radical (unpaired) electrons. The second kappa shape index (κ2) is 4.80. The van der Waals surface area contributed by atoms with Gasteiger partial charge in [0.1, 0.15) is 6.10 Å². The van der Waals surface area contributed by atoms with E-state index >= 15 is 0 Å². The molecule has 0 bridgehead atoms. The van der Waals surface area contributed by atoms with Crippen LogP contribution in [0, 0.1) is 0 Å². The van der Waals surface area contributed by atoms with Gasteiger partial charge in [0.15, 0.2) is 5.65 Å². The Bertz CT molecular complexity index is 588. The maximum absolute atomic E-state index is 9.89. The second-order valence-electron chi connectivity index (χ2n) is 4.63. The van der Waals surface area contributed by atoms with Crippen molar-refractivity contribution in [3.8, 4) is 5.88 Å². The van der Waals surface area contributed by atoms with Crippen molar-refractivity contribution in [2.75, 3.05) is 19.7 Å². The zero-order chi connectivity index (χ0) is 13.4. The van der Waals surface area contributed by atoms with Crippen molar-refractivity contribution in [2.45, 2.75) is 12.9 Å². The molecule has 3 rings (SSSR count). The Morgan fingerprint density at radius 1 is 1.53 bits per heavy atom. The van der Waals surface area contributed by atoms with Gasteiger partial charge >= 0.3 is 7.05 Å². The quantitative estimate of drug-likeness (QED) is 0.736. The fraction of sp³-hybridized carbons (Fsp3) is 0.455. The third-order valence-electron chi connectivity index (χ3n) is 3.32. The van der Waals surface area contributed by atoms with E-state index in [9.17, 15) is 10.1 Å². The van der Waals surface area contributed by atoms with Crippen LogP contribution in [0.15, 0.2) is 18.3 Å². The maximum atomic E-state index is 9.89. The van der Waals surface area contributed by atoms with Crippen LogP contribution in [0.25, 0.3) is 5.65 Å². The lowest BCUT2D eigenvalue weighted by atomic mass is 9.84. The molecule has 7 nitrogen and oxygen atoms in total. The summed E-state index contributed by atoms with van der Waals surface area (Å²) in [5.41, 5.74) is 1.23. The predicted octanol–water partition coefficient (Wildman–Crippen LogP) is -0.0815. The van der Waals surface area contributed by atoms with Crippen LogP contribution < -0.4 is 0 Å². The first-order chi connectivity index (χ1) is 9.15. The number of rotatable bonds is 2. The molecule has 2 aromatic heterocycles. The van der Waals surface area contributed by atoms with Gasteiger partial charge in [-0.05, 0) is 6.82 Å². The van der Waals surface area contributed by atoms with Crippen molar-refractivity contribution in [1.82, 2.24) is 19.4 Å². The van der Waals surface area contributed by atoms with Gasteiger partial charge in [0.25, 0.3) is 0 Å². The minimum Gasteiger partial charge on any atom is -0.493 e. The predicted molar refractivity (Wildman–Crippen MR) is 68.8 cm³/mol. The van der Waals surface area contributed by atoms with Crippen LogP contribution in [-0.4, -0.2) is 56.3 Å². The molecule has 2 N–H and O–H groups in total. The Morgan fingerprint density at radius 2 is 2.37 bits per heavy atom. The molecule has 0 aliphatic carbocycles. The first kappa shape index (κ1) is 12.4. The lowest BCUT2D eigenvalue weighted by Gasteiger charge is -2.33. The van der Waals surface area contributed by atoms with Crippen molar-refractivity contribution in [3.05, 3.63) is 24.0 Å². The zero-order valence-electron chi connectivity index (χ0n) is 10.6. The van der Waals surface area contributed by atoms with Crippen molar-refractivity contribution in [1.29, 1.82) is 0 Å². The van der Waals surface area contributed by atoms with Crippen molar-refractivity contribution in [3.63, 3.8) is 0 Å². The van der Waals surface area contributed by atoms with Crippen LogP contribution in [0.5, 0.6) is 5.88 Å². The number of hydrogen-bond acceptors (Lipinski definition) is 6. The highest BCUT2D eigenvalue weighted by molar-refractivity contribution is 6.45. The summed E-state index contributed by atoms with van der Waals surface area (Å²) in [7, 11) is -0.515. The van der Waals surface area contributed by atoms with Crippen molar-refractivity contribution < 1.29 is 14.9 Å². The van der Waals surface area contributed by atoms with Crippen LogP contribution in [0.1, 0.15) is 11.8 Å². The lowest BCUT2D eigenvalue weighted by Crippen LogP contribution is -2.46. The SMILES string of the molecule is CB(O)N1CCOC(c2cc(O)n3nccc3n2)C1. The van der Waals surface area contributed by atoms with E-state index in [1.165, 1.54) is 4.52 Å². The zero-order valence-corrected chi connectivity index (χ0v) is 10.6. The molecular formula is C11H15BN4O3. The third kappa shape index (κ3) is 2.29. The van der Waals surface area contributed by atoms with E-state index in [2.05, 4.69) is 10.1 Å². The maximum Gasteiger partial charge on any atom is 0.376 e.